The Hall–Kier alpha value is -8.18. The van der Waals surface area contributed by atoms with Crippen LogP contribution in [0, 0.1) is 12.7 Å². The van der Waals surface area contributed by atoms with Crippen LogP contribution >= 0.6 is 0 Å². The number of likely N-dealkylation sites (N-methyl/N-ethyl adjacent to an activating group) is 1. The molecule has 1 aliphatic carbocycles. The van der Waals surface area contributed by atoms with Crippen molar-refractivity contribution in [1.82, 2.24) is 51.3 Å². The summed E-state index contributed by atoms with van der Waals surface area (Å²) < 4.78 is 22.0. The number of benzene rings is 2. The maximum atomic E-state index is 15.4. The summed E-state index contributed by atoms with van der Waals surface area (Å²) in [6.45, 7) is 2.06. The van der Waals surface area contributed by atoms with Gasteiger partial charge in [0.1, 0.15) is 18.5 Å². The molecule has 7 N–H and O–H groups in total. The first kappa shape index (κ1) is 53.1. The number of rotatable bonds is 22. The monoisotopic (exact) mass is 1030 g/mol. The maximum absolute atomic E-state index is 15.4. The normalized spacial score (nSPS) is 16.4. The zero-order valence-electron chi connectivity index (χ0n) is 41.3. The van der Waals surface area contributed by atoms with Gasteiger partial charge in [-0.05, 0) is 67.9 Å². The van der Waals surface area contributed by atoms with E-state index >= 15 is 4.39 Å². The number of fused-ring (bicyclic) bond motifs is 5. The van der Waals surface area contributed by atoms with Gasteiger partial charge in [-0.1, -0.05) is 36.8 Å². The third-order valence-corrected chi connectivity index (χ3v) is 13.8. The molecule has 3 atom stereocenters. The van der Waals surface area contributed by atoms with Crippen LogP contribution in [-0.4, -0.2) is 130 Å². The number of carbonyl (C=O) groups excluding carboxylic acids is 9. The molecule has 8 amide bonds. The summed E-state index contributed by atoms with van der Waals surface area (Å²) in [5.41, 5.74) is 4.20. The number of aromatic nitrogens is 2. The number of nitrogens with zero attached hydrogens (tertiary/aromatic N) is 4. The summed E-state index contributed by atoms with van der Waals surface area (Å²) in [5.74, 6) is -5.42. The van der Waals surface area contributed by atoms with Crippen LogP contribution in [0.15, 0.2) is 59.4 Å². The summed E-state index contributed by atoms with van der Waals surface area (Å²) in [7, 11) is 0. The number of imide groups is 1. The second-order valence-electron chi connectivity index (χ2n) is 18.6. The topological polar surface area (TPSA) is 297 Å². The Bertz CT molecular complexity index is 3070. The van der Waals surface area contributed by atoms with Gasteiger partial charge in [-0.25, -0.2) is 14.2 Å². The van der Waals surface area contributed by atoms with Crippen molar-refractivity contribution in [1.29, 1.82) is 0 Å². The van der Waals surface area contributed by atoms with Gasteiger partial charge in [-0.15, -0.1) is 0 Å². The lowest BCUT2D eigenvalue weighted by Crippen LogP contribution is -2.52. The number of esters is 1. The van der Waals surface area contributed by atoms with Crippen molar-refractivity contribution >= 4 is 64.1 Å². The second kappa shape index (κ2) is 23.4. The van der Waals surface area contributed by atoms with Gasteiger partial charge < -0.3 is 45.9 Å². The Morgan fingerprint density at radius 2 is 1.56 bits per heavy atom. The van der Waals surface area contributed by atoms with Crippen LogP contribution in [0.25, 0.3) is 22.3 Å². The van der Waals surface area contributed by atoms with Crippen LogP contribution in [-0.2, 0) is 73.9 Å². The third kappa shape index (κ3) is 11.8. The smallest absolute Gasteiger partial charge is 0.340 e. The highest BCUT2D eigenvalue weighted by Crippen LogP contribution is 2.47. The van der Waals surface area contributed by atoms with E-state index in [-0.39, 0.29) is 81.1 Å². The number of nitrogens with one attached hydrogen (secondary N) is 6. The van der Waals surface area contributed by atoms with E-state index in [2.05, 4.69) is 31.9 Å². The lowest BCUT2D eigenvalue weighted by molar-refractivity contribution is -0.157. The number of pyridine rings is 2. The van der Waals surface area contributed by atoms with Crippen molar-refractivity contribution in [3.8, 4) is 11.4 Å². The highest BCUT2D eigenvalue weighted by atomic mass is 19.1. The van der Waals surface area contributed by atoms with Gasteiger partial charge in [0, 0.05) is 60.7 Å². The molecule has 8 rings (SSSR count). The Morgan fingerprint density at radius 1 is 0.853 bits per heavy atom. The zero-order chi connectivity index (χ0) is 53.5. The first-order chi connectivity index (χ1) is 36.0. The molecule has 4 aromatic rings. The first-order valence-electron chi connectivity index (χ1n) is 24.7. The summed E-state index contributed by atoms with van der Waals surface area (Å²) in [4.78, 5) is 135. The molecule has 0 spiro atoms. The molecule has 5 heterocycles. The number of ether oxygens (including phenoxy) is 1. The van der Waals surface area contributed by atoms with Gasteiger partial charge in [-0.3, -0.25) is 53.4 Å². The molecule has 2 aromatic carbocycles. The number of aryl methyl sites for hydroxylation is 1. The van der Waals surface area contributed by atoms with Crippen molar-refractivity contribution in [3.05, 3.63) is 110 Å². The Balaban J connectivity index is 0.817. The van der Waals surface area contributed by atoms with Gasteiger partial charge in [0.25, 0.3) is 17.4 Å². The number of cyclic esters (lactones) is 1. The highest BCUT2D eigenvalue weighted by Gasteiger charge is 2.39. The first-order valence-corrected chi connectivity index (χ1v) is 24.7. The van der Waals surface area contributed by atoms with Crippen molar-refractivity contribution in [2.45, 2.75) is 90.1 Å². The van der Waals surface area contributed by atoms with Crippen molar-refractivity contribution in [3.63, 3.8) is 0 Å². The summed E-state index contributed by atoms with van der Waals surface area (Å²) in [6.07, 6.45) is 3.35. The average Bonchev–Trinajstić information content (AvgIpc) is 3.97. The maximum Gasteiger partial charge on any atom is 0.340 e. The van der Waals surface area contributed by atoms with E-state index in [9.17, 15) is 53.1 Å². The van der Waals surface area contributed by atoms with E-state index in [4.69, 9.17) is 9.72 Å². The standard InChI is InChI=1S/C52H57FN10O12/c1-3-61(37-14-13-30-28(2)34(53)20-35-46(30)47(37)32-25-63-38(48(32)60-35)19-31-33(51(63)73)26-75-52(74)49(31)71)45(70)24-54-27-58-41(66)22-57-50(72)36(18-29-10-6-4-7-11-29)59-42(67)23-56-40(65)21-55-39(64)12-8-5-9-17-62-43(68)15-16-44(62)69/h4,6-7,10-11,15-16,19-20,36-37,49,54,71H,3,5,8-9,12-14,17-18,21-27H2,1-2H3,(H,55,64)(H,56,65)(H,57,72)(H,58,66)(H,59,67)/t36-,37-,49-/m0/s1. The molecular weight excluding hydrogens is 976 g/mol. The number of aliphatic hydroxyl groups is 1. The lowest BCUT2D eigenvalue weighted by atomic mass is 9.81. The largest absolute Gasteiger partial charge is 0.458 e. The predicted octanol–water partition coefficient (Wildman–Crippen LogP) is 0.0235. The minimum absolute atomic E-state index is 0.0507. The summed E-state index contributed by atoms with van der Waals surface area (Å²) >= 11 is 0. The van der Waals surface area contributed by atoms with Gasteiger partial charge in [0.15, 0.2) is 6.10 Å². The molecule has 22 nitrogen and oxygen atoms in total. The third-order valence-electron chi connectivity index (χ3n) is 13.8. The van der Waals surface area contributed by atoms with Crippen LogP contribution in [0.5, 0.6) is 0 Å². The van der Waals surface area contributed by atoms with Gasteiger partial charge >= 0.3 is 5.97 Å². The molecule has 3 aliphatic heterocycles. The fraction of sp³-hybridized carbons (Fsp3) is 0.404. The van der Waals surface area contributed by atoms with E-state index in [1.54, 1.807) is 48.2 Å². The van der Waals surface area contributed by atoms with E-state index in [1.807, 2.05) is 6.92 Å². The predicted molar refractivity (Wildman–Crippen MR) is 265 cm³/mol. The van der Waals surface area contributed by atoms with Gasteiger partial charge in [0.05, 0.1) is 67.9 Å². The van der Waals surface area contributed by atoms with Gasteiger partial charge in [-0.2, -0.15) is 0 Å². The quantitative estimate of drug-likeness (QED) is 0.0208. The molecular formula is C52H57FN10O12. The molecule has 0 radical (unpaired) electrons. The molecule has 0 unspecified atom stereocenters. The fourth-order valence-electron chi connectivity index (χ4n) is 9.94. The van der Waals surface area contributed by atoms with E-state index in [0.29, 0.717) is 71.1 Å². The zero-order valence-corrected chi connectivity index (χ0v) is 41.3. The molecule has 2 aromatic heterocycles. The van der Waals surface area contributed by atoms with Crippen molar-refractivity contribution in [2.24, 2.45) is 0 Å². The molecule has 75 heavy (non-hydrogen) atoms. The van der Waals surface area contributed by atoms with Gasteiger partial charge in [0.2, 0.25) is 35.4 Å². The number of amides is 8. The molecule has 23 heteroatoms. The van der Waals surface area contributed by atoms with E-state index in [1.165, 1.54) is 22.8 Å². The highest BCUT2D eigenvalue weighted by molar-refractivity contribution is 6.12. The second-order valence-corrected chi connectivity index (χ2v) is 18.6. The number of hydrogen-bond donors (Lipinski definition) is 7. The Kier molecular flexibility index (Phi) is 16.5. The minimum Gasteiger partial charge on any atom is -0.458 e. The molecule has 0 fully saturated rings. The van der Waals surface area contributed by atoms with E-state index in [0.717, 1.165) is 16.0 Å². The summed E-state index contributed by atoms with van der Waals surface area (Å²) in [6, 6.07) is 10.0. The van der Waals surface area contributed by atoms with Crippen LogP contribution < -0.4 is 37.5 Å². The fourth-order valence-corrected chi connectivity index (χ4v) is 9.94. The molecule has 0 saturated carbocycles. The number of aliphatic hydroxyl groups excluding tert-OH is 1. The van der Waals surface area contributed by atoms with Crippen molar-refractivity contribution < 1.29 is 57.4 Å². The average molecular weight is 1030 g/mol. The molecule has 0 bridgehead atoms. The van der Waals surface area contributed by atoms with Crippen molar-refractivity contribution in [2.75, 3.05) is 45.9 Å². The van der Waals surface area contributed by atoms with Crippen LogP contribution in [0.2, 0.25) is 0 Å². The number of carbonyl (C=O) groups is 9. The van der Waals surface area contributed by atoms with Crippen LogP contribution in [0.4, 0.5) is 4.39 Å². The van der Waals surface area contributed by atoms with Crippen LogP contribution in [0.3, 0.4) is 0 Å². The van der Waals surface area contributed by atoms with Crippen LogP contribution in [0.1, 0.15) is 90.1 Å². The lowest BCUT2D eigenvalue weighted by Gasteiger charge is -2.37. The number of halogens is 1. The minimum atomic E-state index is -1.66. The molecule has 394 valence electrons. The number of hydrogen-bond acceptors (Lipinski definition) is 14. The Labute approximate surface area is 428 Å². The summed E-state index contributed by atoms with van der Waals surface area (Å²) in [5, 5.41) is 26.9. The molecule has 0 saturated heterocycles. The SMILES string of the molecule is CCN(C(=O)CNCNC(=O)CNC(=O)[C@H](Cc1ccccc1)NC(=O)CNC(=O)CNC(=O)CCCCCN1C(=O)C=CC1=O)[C@H]1CCc2c(C)c(F)cc3nc4c(c1c23)Cn1c-4cc2c(c1=O)COC(=O)[C@H]2O. The Morgan fingerprint density at radius 3 is 2.31 bits per heavy atom. The number of unbranched alkanes of at least 4 members (excludes halogenated alkanes) is 2. The molecule has 4 aliphatic rings. The van der Waals surface area contributed by atoms with E-state index < -0.39 is 84.7 Å².